The van der Waals surface area contributed by atoms with Crippen molar-refractivity contribution in [3.05, 3.63) is 45.8 Å². The molecule has 0 N–H and O–H groups in total. The second-order valence-corrected chi connectivity index (χ2v) is 5.60. The summed E-state index contributed by atoms with van der Waals surface area (Å²) in [4.78, 5) is 6.94. The number of thioether (sulfide) groups is 1. The number of hydrogen-bond donors (Lipinski definition) is 1. The summed E-state index contributed by atoms with van der Waals surface area (Å²) in [7, 11) is 0. The Kier molecular flexibility index (Phi) is 5.20. The molecule has 0 saturated carbocycles. The fourth-order valence-electron chi connectivity index (χ4n) is 1.81. The first kappa shape index (κ1) is 12.8. The third-order valence-electron chi connectivity index (χ3n) is 2.69. The van der Waals surface area contributed by atoms with E-state index in [1.54, 1.807) is 0 Å². The zero-order valence-electron chi connectivity index (χ0n) is 9.80. The summed E-state index contributed by atoms with van der Waals surface area (Å²) in [6.45, 7) is 0.911. The van der Waals surface area contributed by atoms with Gasteiger partial charge in [-0.2, -0.15) is 0 Å². The maximum absolute atomic E-state index is 4.42. The molecule has 17 heavy (non-hydrogen) atoms. The molecule has 2 aliphatic rings. The standard InChI is InChI=1S/C14H17NS2/c16-13-6-3-5-12-4-1-2-9-15-10-7-14(12)17-11-8-13/h1,3-4,6,8-9,16H,2,5,7,10-11H2/b4-1?,6-3-,13-8+,14-12-,15-9-. The summed E-state index contributed by atoms with van der Waals surface area (Å²) >= 11 is 6.34. The van der Waals surface area contributed by atoms with E-state index in [2.05, 4.69) is 48.0 Å². The molecule has 0 saturated heterocycles. The van der Waals surface area contributed by atoms with Crippen molar-refractivity contribution in [2.24, 2.45) is 4.99 Å². The summed E-state index contributed by atoms with van der Waals surface area (Å²) in [6, 6.07) is 0. The van der Waals surface area contributed by atoms with Crippen LogP contribution >= 0.6 is 24.4 Å². The molecule has 0 unspecified atom stereocenters. The van der Waals surface area contributed by atoms with Gasteiger partial charge in [0.15, 0.2) is 0 Å². The smallest absolute Gasteiger partial charge is 0.0431 e. The molecule has 0 fully saturated rings. The molecule has 2 aliphatic heterocycles. The molecular weight excluding hydrogens is 246 g/mol. The van der Waals surface area contributed by atoms with E-state index in [4.69, 9.17) is 0 Å². The van der Waals surface area contributed by atoms with Gasteiger partial charge in [0.1, 0.15) is 0 Å². The van der Waals surface area contributed by atoms with Crippen LogP contribution in [-0.4, -0.2) is 18.5 Å². The lowest BCUT2D eigenvalue weighted by atomic mass is 10.1. The molecule has 0 aromatic heterocycles. The predicted octanol–water partition coefficient (Wildman–Crippen LogP) is 4.17. The molecule has 0 aromatic rings. The molecular formula is C14H17NS2. The molecule has 2 heterocycles. The summed E-state index contributed by atoms with van der Waals surface area (Å²) in [6.07, 6.45) is 15.9. The van der Waals surface area contributed by atoms with Gasteiger partial charge >= 0.3 is 0 Å². The van der Waals surface area contributed by atoms with Crippen molar-refractivity contribution in [2.45, 2.75) is 19.3 Å². The highest BCUT2D eigenvalue weighted by molar-refractivity contribution is 8.03. The molecule has 2 rings (SSSR count). The minimum atomic E-state index is 0.911. The normalized spacial score (nSPS) is 32.6. The molecule has 0 amide bonds. The Morgan fingerprint density at radius 2 is 2.18 bits per heavy atom. The van der Waals surface area contributed by atoms with Crippen LogP contribution in [0.5, 0.6) is 0 Å². The summed E-state index contributed by atoms with van der Waals surface area (Å²) in [5.74, 6) is 1.000. The number of aliphatic imine (C=N–C) groups is 1. The van der Waals surface area contributed by atoms with Crippen molar-refractivity contribution in [1.29, 1.82) is 0 Å². The minimum Gasteiger partial charge on any atom is -0.297 e. The van der Waals surface area contributed by atoms with Gasteiger partial charge in [-0.3, -0.25) is 4.99 Å². The molecule has 0 atom stereocenters. The monoisotopic (exact) mass is 263 g/mol. The van der Waals surface area contributed by atoms with Gasteiger partial charge in [0.25, 0.3) is 0 Å². The van der Waals surface area contributed by atoms with E-state index >= 15 is 0 Å². The Labute approximate surface area is 113 Å². The Hall–Kier alpha value is -0.670. The molecule has 0 spiro atoms. The van der Waals surface area contributed by atoms with Gasteiger partial charge in [-0.1, -0.05) is 30.4 Å². The highest BCUT2D eigenvalue weighted by Gasteiger charge is 2.06. The zero-order valence-corrected chi connectivity index (χ0v) is 11.5. The van der Waals surface area contributed by atoms with Crippen molar-refractivity contribution < 1.29 is 0 Å². The van der Waals surface area contributed by atoms with Crippen molar-refractivity contribution in [3.63, 3.8) is 0 Å². The predicted molar refractivity (Wildman–Crippen MR) is 82.0 cm³/mol. The van der Waals surface area contributed by atoms with E-state index < -0.39 is 0 Å². The first-order valence-electron chi connectivity index (χ1n) is 5.91. The average molecular weight is 263 g/mol. The quantitative estimate of drug-likeness (QED) is 0.647. The Morgan fingerprint density at radius 1 is 1.24 bits per heavy atom. The van der Waals surface area contributed by atoms with Crippen LogP contribution in [0.1, 0.15) is 19.3 Å². The van der Waals surface area contributed by atoms with Crippen LogP contribution in [0.3, 0.4) is 0 Å². The SMILES string of the molecule is SC1=C/CS/C2=C(/C=CC/C=N\CC2)C/C=C\1. The summed E-state index contributed by atoms with van der Waals surface area (Å²) < 4.78 is 0. The van der Waals surface area contributed by atoms with Gasteiger partial charge in [0.2, 0.25) is 0 Å². The van der Waals surface area contributed by atoms with E-state index in [9.17, 15) is 0 Å². The maximum atomic E-state index is 4.42. The first-order valence-corrected chi connectivity index (χ1v) is 7.35. The minimum absolute atomic E-state index is 0.911. The Bertz CT molecular complexity index is 414. The summed E-state index contributed by atoms with van der Waals surface area (Å²) in [5, 5.41) is 0. The van der Waals surface area contributed by atoms with Crippen molar-refractivity contribution in [2.75, 3.05) is 12.3 Å². The second kappa shape index (κ2) is 6.92. The van der Waals surface area contributed by atoms with Crippen molar-refractivity contribution in [3.8, 4) is 0 Å². The lowest BCUT2D eigenvalue weighted by Crippen LogP contribution is -1.90. The number of hydrogen-bond acceptors (Lipinski definition) is 3. The lowest BCUT2D eigenvalue weighted by molar-refractivity contribution is 0.985. The van der Waals surface area contributed by atoms with E-state index in [1.165, 1.54) is 10.5 Å². The third kappa shape index (κ3) is 4.25. The fourth-order valence-corrected chi connectivity index (χ4v) is 3.16. The molecule has 0 radical (unpaired) electrons. The zero-order chi connectivity index (χ0) is 11.9. The third-order valence-corrected chi connectivity index (χ3v) is 4.17. The van der Waals surface area contributed by atoms with Gasteiger partial charge in [0.05, 0.1) is 0 Å². The number of allylic oxidation sites excluding steroid dienone is 5. The molecule has 0 aliphatic carbocycles. The van der Waals surface area contributed by atoms with Crippen LogP contribution in [-0.2, 0) is 0 Å². The number of rotatable bonds is 0. The van der Waals surface area contributed by atoms with Crippen LogP contribution in [0.25, 0.3) is 0 Å². The van der Waals surface area contributed by atoms with Crippen LogP contribution in [0.15, 0.2) is 50.8 Å². The largest absolute Gasteiger partial charge is 0.297 e. The molecule has 0 aromatic carbocycles. The van der Waals surface area contributed by atoms with Crippen LogP contribution in [0.2, 0.25) is 0 Å². The highest BCUT2D eigenvalue weighted by Crippen LogP contribution is 2.29. The first-order chi connectivity index (χ1) is 8.36. The second-order valence-electron chi connectivity index (χ2n) is 3.97. The van der Waals surface area contributed by atoms with E-state index in [0.29, 0.717) is 0 Å². The van der Waals surface area contributed by atoms with Crippen molar-refractivity contribution in [1.82, 2.24) is 0 Å². The fraction of sp³-hybridized carbons (Fsp3) is 0.357. The molecule has 3 heteroatoms. The van der Waals surface area contributed by atoms with E-state index in [-0.39, 0.29) is 0 Å². The molecule has 90 valence electrons. The van der Waals surface area contributed by atoms with Crippen LogP contribution in [0, 0.1) is 0 Å². The van der Waals surface area contributed by atoms with E-state index in [1.807, 2.05) is 18.0 Å². The van der Waals surface area contributed by atoms with Gasteiger partial charge in [-0.15, -0.1) is 24.4 Å². The number of nitrogens with zero attached hydrogens (tertiary/aromatic N) is 1. The Morgan fingerprint density at radius 3 is 3.12 bits per heavy atom. The number of thiol groups is 1. The summed E-state index contributed by atoms with van der Waals surface area (Å²) in [5.41, 5.74) is 1.44. The van der Waals surface area contributed by atoms with Gasteiger partial charge in [-0.05, 0) is 23.3 Å². The topological polar surface area (TPSA) is 12.4 Å². The highest BCUT2D eigenvalue weighted by atomic mass is 32.2. The van der Waals surface area contributed by atoms with Crippen LogP contribution < -0.4 is 0 Å². The van der Waals surface area contributed by atoms with Gasteiger partial charge in [0, 0.05) is 29.8 Å². The maximum Gasteiger partial charge on any atom is 0.0431 e. The molecule has 0 bridgehead atoms. The van der Waals surface area contributed by atoms with Gasteiger partial charge < -0.3 is 0 Å². The van der Waals surface area contributed by atoms with E-state index in [0.717, 1.165) is 36.5 Å². The van der Waals surface area contributed by atoms with Crippen LogP contribution in [0.4, 0.5) is 0 Å². The van der Waals surface area contributed by atoms with Gasteiger partial charge in [-0.25, -0.2) is 0 Å². The van der Waals surface area contributed by atoms with Crippen molar-refractivity contribution >= 4 is 30.6 Å². The average Bonchev–Trinajstić information content (AvgIpc) is 2.46. The molecule has 1 nitrogen and oxygen atoms in total. The Balaban J connectivity index is 2.21. The lowest BCUT2D eigenvalue weighted by Gasteiger charge is -2.08.